The summed E-state index contributed by atoms with van der Waals surface area (Å²) < 4.78 is 23.5. The first-order valence-electron chi connectivity index (χ1n) is 7.73. The average Bonchev–Trinajstić information content (AvgIpc) is 3.02. The molecule has 134 valence electrons. The summed E-state index contributed by atoms with van der Waals surface area (Å²) in [5.74, 6) is -0.552. The van der Waals surface area contributed by atoms with Crippen LogP contribution in [0.15, 0.2) is 36.4 Å². The van der Waals surface area contributed by atoms with E-state index in [1.165, 1.54) is 26.2 Å². The molecule has 0 bridgehead atoms. The van der Waals surface area contributed by atoms with E-state index in [2.05, 4.69) is 20.3 Å². The SMILES string of the molecule is COc1ccc(F)cc1-c1ccc2c(NC(=O)COC(C)=O)n[nH]c2c1. The van der Waals surface area contributed by atoms with Gasteiger partial charge in [0, 0.05) is 17.9 Å². The van der Waals surface area contributed by atoms with E-state index in [1.54, 1.807) is 24.3 Å². The molecule has 0 radical (unpaired) electrons. The monoisotopic (exact) mass is 357 g/mol. The van der Waals surface area contributed by atoms with Gasteiger partial charge in [-0.3, -0.25) is 14.7 Å². The maximum Gasteiger partial charge on any atom is 0.303 e. The van der Waals surface area contributed by atoms with E-state index in [-0.39, 0.29) is 12.4 Å². The number of halogens is 1. The molecule has 26 heavy (non-hydrogen) atoms. The molecule has 0 spiro atoms. The Morgan fingerprint density at radius 3 is 2.77 bits per heavy atom. The van der Waals surface area contributed by atoms with Crippen molar-refractivity contribution >= 4 is 28.6 Å². The Morgan fingerprint density at radius 1 is 1.23 bits per heavy atom. The van der Waals surface area contributed by atoms with Crippen molar-refractivity contribution in [2.45, 2.75) is 6.92 Å². The molecule has 0 saturated carbocycles. The van der Waals surface area contributed by atoms with E-state index in [4.69, 9.17) is 4.74 Å². The lowest BCUT2D eigenvalue weighted by Gasteiger charge is -2.09. The zero-order valence-corrected chi connectivity index (χ0v) is 14.1. The summed E-state index contributed by atoms with van der Waals surface area (Å²) in [4.78, 5) is 22.5. The van der Waals surface area contributed by atoms with Gasteiger partial charge in [-0.1, -0.05) is 6.07 Å². The number of aromatic nitrogens is 2. The maximum atomic E-state index is 13.6. The Hall–Kier alpha value is -3.42. The first-order chi connectivity index (χ1) is 12.5. The number of carbonyl (C=O) groups is 2. The molecule has 8 heteroatoms. The molecule has 1 amide bonds. The number of methoxy groups -OCH3 is 1. The number of hydrogen-bond donors (Lipinski definition) is 2. The molecule has 1 aromatic heterocycles. The van der Waals surface area contributed by atoms with Gasteiger partial charge in [0.1, 0.15) is 11.6 Å². The standard InChI is InChI=1S/C18H16FN3O4/c1-10(23)26-9-17(24)20-18-13-5-3-11(7-15(13)21-22-18)14-8-12(19)4-6-16(14)25-2/h3-8H,9H2,1-2H3,(H2,20,21,22,24). The number of benzene rings is 2. The Kier molecular flexibility index (Phi) is 4.83. The highest BCUT2D eigenvalue weighted by molar-refractivity contribution is 6.01. The number of nitrogens with one attached hydrogen (secondary N) is 2. The Bertz CT molecular complexity index is 984. The first-order valence-corrected chi connectivity index (χ1v) is 7.73. The van der Waals surface area contributed by atoms with Crippen LogP contribution in [0.3, 0.4) is 0 Å². The molecular formula is C18H16FN3O4. The van der Waals surface area contributed by atoms with Crippen LogP contribution >= 0.6 is 0 Å². The molecule has 2 N–H and O–H groups in total. The molecule has 0 unspecified atom stereocenters. The topological polar surface area (TPSA) is 93.3 Å². The third-order valence-electron chi connectivity index (χ3n) is 3.70. The van der Waals surface area contributed by atoms with Gasteiger partial charge in [0.15, 0.2) is 12.4 Å². The van der Waals surface area contributed by atoms with Crippen LogP contribution in [0.1, 0.15) is 6.92 Å². The number of nitrogens with zero attached hydrogens (tertiary/aromatic N) is 1. The fraction of sp³-hybridized carbons (Fsp3) is 0.167. The van der Waals surface area contributed by atoms with Crippen molar-refractivity contribution in [2.24, 2.45) is 0 Å². The number of amides is 1. The van der Waals surface area contributed by atoms with Gasteiger partial charge in [-0.15, -0.1) is 0 Å². The number of anilines is 1. The molecule has 7 nitrogen and oxygen atoms in total. The highest BCUT2D eigenvalue weighted by Crippen LogP contribution is 2.33. The zero-order valence-electron chi connectivity index (χ0n) is 14.1. The Labute approximate surface area is 148 Å². The summed E-state index contributed by atoms with van der Waals surface area (Å²) >= 11 is 0. The van der Waals surface area contributed by atoms with Crippen LogP contribution in [-0.2, 0) is 14.3 Å². The minimum atomic E-state index is -0.541. The highest BCUT2D eigenvalue weighted by Gasteiger charge is 2.13. The van der Waals surface area contributed by atoms with Crippen molar-refractivity contribution in [1.82, 2.24) is 10.2 Å². The van der Waals surface area contributed by atoms with Gasteiger partial charge in [0.25, 0.3) is 5.91 Å². The molecule has 0 aliphatic heterocycles. The molecule has 0 atom stereocenters. The molecule has 2 aromatic carbocycles. The second-order valence-corrected chi connectivity index (χ2v) is 5.51. The number of ether oxygens (including phenoxy) is 2. The molecule has 0 aliphatic carbocycles. The molecule has 0 saturated heterocycles. The minimum Gasteiger partial charge on any atom is -0.496 e. The smallest absolute Gasteiger partial charge is 0.303 e. The number of H-pyrrole nitrogens is 1. The van der Waals surface area contributed by atoms with E-state index >= 15 is 0 Å². The quantitative estimate of drug-likeness (QED) is 0.685. The molecule has 0 fully saturated rings. The summed E-state index contributed by atoms with van der Waals surface area (Å²) in [5, 5.41) is 10.1. The number of aromatic amines is 1. The minimum absolute atomic E-state index is 0.315. The van der Waals surface area contributed by atoms with E-state index < -0.39 is 11.9 Å². The average molecular weight is 357 g/mol. The van der Waals surface area contributed by atoms with Crippen molar-refractivity contribution in [2.75, 3.05) is 19.0 Å². The third kappa shape index (κ3) is 3.64. The van der Waals surface area contributed by atoms with Gasteiger partial charge in [-0.2, -0.15) is 5.10 Å². The Balaban J connectivity index is 1.89. The largest absolute Gasteiger partial charge is 0.496 e. The van der Waals surface area contributed by atoms with Crippen molar-refractivity contribution in [3.8, 4) is 16.9 Å². The lowest BCUT2D eigenvalue weighted by molar-refractivity contribution is -0.144. The van der Waals surface area contributed by atoms with Gasteiger partial charge >= 0.3 is 5.97 Å². The van der Waals surface area contributed by atoms with E-state index in [9.17, 15) is 14.0 Å². The fourth-order valence-electron chi connectivity index (χ4n) is 2.52. The van der Waals surface area contributed by atoms with Gasteiger partial charge in [-0.25, -0.2) is 4.39 Å². The first kappa shape index (κ1) is 17.4. The molecule has 0 aliphatic rings. The number of rotatable bonds is 5. The van der Waals surface area contributed by atoms with Crippen molar-refractivity contribution in [3.05, 3.63) is 42.2 Å². The molecule has 1 heterocycles. The lowest BCUT2D eigenvalue weighted by atomic mass is 10.0. The van der Waals surface area contributed by atoms with Gasteiger partial charge < -0.3 is 14.8 Å². The normalized spacial score (nSPS) is 10.6. The van der Waals surface area contributed by atoms with E-state index in [1.807, 2.05) is 0 Å². The molecular weight excluding hydrogens is 341 g/mol. The maximum absolute atomic E-state index is 13.6. The molecule has 3 aromatic rings. The van der Waals surface area contributed by atoms with Crippen LogP contribution in [0.25, 0.3) is 22.0 Å². The van der Waals surface area contributed by atoms with Crippen LogP contribution in [0, 0.1) is 5.82 Å². The number of esters is 1. The summed E-state index contributed by atoms with van der Waals surface area (Å²) in [6.07, 6.45) is 0. The van der Waals surface area contributed by atoms with Crippen molar-refractivity contribution < 1.29 is 23.5 Å². The second kappa shape index (κ2) is 7.22. The summed E-state index contributed by atoms with van der Waals surface area (Å²) in [6, 6.07) is 9.58. The van der Waals surface area contributed by atoms with Crippen LogP contribution in [0.2, 0.25) is 0 Å². The van der Waals surface area contributed by atoms with Crippen LogP contribution in [-0.4, -0.2) is 35.8 Å². The van der Waals surface area contributed by atoms with Gasteiger partial charge in [0.05, 0.1) is 12.6 Å². The van der Waals surface area contributed by atoms with Crippen LogP contribution in [0.4, 0.5) is 10.2 Å². The zero-order chi connectivity index (χ0) is 18.7. The Morgan fingerprint density at radius 2 is 2.04 bits per heavy atom. The number of fused-ring (bicyclic) bond motifs is 1. The number of hydrogen-bond acceptors (Lipinski definition) is 5. The fourth-order valence-corrected chi connectivity index (χ4v) is 2.52. The van der Waals surface area contributed by atoms with E-state index in [0.717, 1.165) is 5.56 Å². The lowest BCUT2D eigenvalue weighted by Crippen LogP contribution is -2.20. The van der Waals surface area contributed by atoms with E-state index in [0.29, 0.717) is 28.0 Å². The predicted octanol–water partition coefficient (Wildman–Crippen LogP) is 2.88. The predicted molar refractivity (Wildman–Crippen MR) is 93.3 cm³/mol. The van der Waals surface area contributed by atoms with Crippen LogP contribution in [0.5, 0.6) is 5.75 Å². The second-order valence-electron chi connectivity index (χ2n) is 5.51. The van der Waals surface area contributed by atoms with Gasteiger partial charge in [-0.05, 0) is 35.9 Å². The number of carbonyl (C=O) groups excluding carboxylic acids is 2. The molecule has 3 rings (SSSR count). The summed E-state index contributed by atoms with van der Waals surface area (Å²) in [7, 11) is 1.52. The summed E-state index contributed by atoms with van der Waals surface area (Å²) in [6.45, 7) is 0.835. The van der Waals surface area contributed by atoms with Crippen molar-refractivity contribution in [1.29, 1.82) is 0 Å². The van der Waals surface area contributed by atoms with Crippen LogP contribution < -0.4 is 10.1 Å². The van der Waals surface area contributed by atoms with Gasteiger partial charge in [0.2, 0.25) is 0 Å². The van der Waals surface area contributed by atoms with Crippen molar-refractivity contribution in [3.63, 3.8) is 0 Å². The third-order valence-corrected chi connectivity index (χ3v) is 3.70. The highest BCUT2D eigenvalue weighted by atomic mass is 19.1. The summed E-state index contributed by atoms with van der Waals surface area (Å²) in [5.41, 5.74) is 1.98.